The zero-order chi connectivity index (χ0) is 13.1. The lowest BCUT2D eigenvalue weighted by Crippen LogP contribution is -2.26. The Kier molecular flexibility index (Phi) is 3.71. The lowest BCUT2D eigenvalue weighted by atomic mass is 10.1. The number of nitrogens with zero attached hydrogens (tertiary/aromatic N) is 3. The highest BCUT2D eigenvalue weighted by atomic mass is 32.1. The molecule has 1 aromatic rings. The number of hydrogen-bond acceptors (Lipinski definition) is 6. The molecule has 1 aliphatic rings. The third-order valence-electron chi connectivity index (χ3n) is 2.90. The summed E-state index contributed by atoms with van der Waals surface area (Å²) in [5.41, 5.74) is 6.07. The van der Waals surface area contributed by atoms with Gasteiger partial charge >= 0.3 is 5.97 Å². The van der Waals surface area contributed by atoms with E-state index < -0.39 is 0 Å². The zero-order valence-electron chi connectivity index (χ0n) is 10.00. The van der Waals surface area contributed by atoms with Crippen molar-refractivity contribution in [3.8, 4) is 0 Å². The van der Waals surface area contributed by atoms with Gasteiger partial charge in [-0.1, -0.05) is 12.2 Å². The quantitative estimate of drug-likeness (QED) is 0.614. The van der Waals surface area contributed by atoms with Gasteiger partial charge in [0, 0.05) is 19.3 Å². The summed E-state index contributed by atoms with van der Waals surface area (Å²) in [5.74, 6) is 0.238. The Morgan fingerprint density at radius 3 is 3.11 bits per heavy atom. The SMILES string of the molecule is COC(=O)C1CCN(c2nccc(C(N)=S)n2)C1. The van der Waals surface area contributed by atoms with E-state index in [1.54, 1.807) is 12.3 Å². The number of carbonyl (C=O) groups excluding carboxylic acids is 1. The van der Waals surface area contributed by atoms with Crippen molar-refractivity contribution >= 4 is 29.1 Å². The summed E-state index contributed by atoms with van der Waals surface area (Å²) >= 11 is 4.87. The fraction of sp³-hybridized carbons (Fsp3) is 0.455. The van der Waals surface area contributed by atoms with Crippen molar-refractivity contribution in [3.63, 3.8) is 0 Å². The van der Waals surface area contributed by atoms with Crippen LogP contribution in [0.15, 0.2) is 12.3 Å². The van der Waals surface area contributed by atoms with Crippen LogP contribution in [0.4, 0.5) is 5.95 Å². The fourth-order valence-electron chi connectivity index (χ4n) is 1.94. The number of aromatic nitrogens is 2. The average molecular weight is 266 g/mol. The summed E-state index contributed by atoms with van der Waals surface area (Å²) in [4.78, 5) is 22.0. The second kappa shape index (κ2) is 5.26. The van der Waals surface area contributed by atoms with Gasteiger partial charge in [0.1, 0.15) is 10.7 Å². The molecule has 2 rings (SSSR count). The maximum absolute atomic E-state index is 11.4. The molecule has 7 heteroatoms. The van der Waals surface area contributed by atoms with Crippen LogP contribution in [0.3, 0.4) is 0 Å². The van der Waals surface area contributed by atoms with Crippen LogP contribution in [-0.4, -0.2) is 41.1 Å². The van der Waals surface area contributed by atoms with Crippen LogP contribution in [0.1, 0.15) is 12.1 Å². The molecule has 1 fully saturated rings. The first-order chi connectivity index (χ1) is 8.61. The van der Waals surface area contributed by atoms with E-state index >= 15 is 0 Å². The first kappa shape index (κ1) is 12.7. The zero-order valence-corrected chi connectivity index (χ0v) is 10.8. The Morgan fingerprint density at radius 1 is 1.67 bits per heavy atom. The van der Waals surface area contributed by atoms with Gasteiger partial charge in [-0.05, 0) is 12.5 Å². The first-order valence-corrected chi connectivity index (χ1v) is 5.98. The summed E-state index contributed by atoms with van der Waals surface area (Å²) in [5, 5.41) is 0. The molecule has 0 saturated carbocycles. The number of esters is 1. The van der Waals surface area contributed by atoms with Gasteiger partial charge in [-0.3, -0.25) is 4.79 Å². The van der Waals surface area contributed by atoms with Crippen molar-refractivity contribution in [1.82, 2.24) is 9.97 Å². The lowest BCUT2D eigenvalue weighted by molar-refractivity contribution is -0.144. The smallest absolute Gasteiger partial charge is 0.310 e. The third-order valence-corrected chi connectivity index (χ3v) is 3.11. The van der Waals surface area contributed by atoms with Crippen LogP contribution in [-0.2, 0) is 9.53 Å². The number of nitrogens with two attached hydrogens (primary N) is 1. The number of rotatable bonds is 3. The van der Waals surface area contributed by atoms with E-state index in [1.807, 2.05) is 4.90 Å². The predicted octanol–water partition coefficient (Wildman–Crippen LogP) is 0.110. The molecule has 2 heterocycles. The van der Waals surface area contributed by atoms with Crippen LogP contribution in [0.25, 0.3) is 0 Å². The van der Waals surface area contributed by atoms with E-state index in [0.29, 0.717) is 18.2 Å². The second-order valence-corrected chi connectivity index (χ2v) is 4.50. The highest BCUT2D eigenvalue weighted by Gasteiger charge is 2.30. The number of methoxy groups -OCH3 is 1. The molecule has 1 aromatic heterocycles. The predicted molar refractivity (Wildman–Crippen MR) is 70.3 cm³/mol. The topological polar surface area (TPSA) is 81.3 Å². The Morgan fingerprint density at radius 2 is 2.44 bits per heavy atom. The van der Waals surface area contributed by atoms with Crippen LogP contribution >= 0.6 is 12.2 Å². The standard InChI is InChI=1S/C11H14N4O2S/c1-17-10(16)7-3-5-15(6-7)11-13-4-2-8(14-11)9(12)18/h2,4,7H,3,5-6H2,1H3,(H2,12,18). The van der Waals surface area contributed by atoms with Gasteiger partial charge in [0.05, 0.1) is 13.0 Å². The molecule has 0 amide bonds. The highest BCUT2D eigenvalue weighted by molar-refractivity contribution is 7.80. The van der Waals surface area contributed by atoms with Crippen LogP contribution in [0.2, 0.25) is 0 Å². The van der Waals surface area contributed by atoms with Crippen molar-refractivity contribution in [1.29, 1.82) is 0 Å². The van der Waals surface area contributed by atoms with E-state index in [2.05, 4.69) is 9.97 Å². The largest absolute Gasteiger partial charge is 0.469 e. The Balaban J connectivity index is 2.12. The minimum atomic E-state index is -0.192. The number of anilines is 1. The van der Waals surface area contributed by atoms with Crippen molar-refractivity contribution in [2.45, 2.75) is 6.42 Å². The van der Waals surface area contributed by atoms with E-state index in [0.717, 1.165) is 13.0 Å². The Labute approximate surface area is 110 Å². The number of ether oxygens (including phenoxy) is 1. The summed E-state index contributed by atoms with van der Waals surface area (Å²) in [6.45, 7) is 1.29. The molecular weight excluding hydrogens is 252 g/mol. The molecular formula is C11H14N4O2S. The number of thiocarbonyl (C=S) groups is 1. The van der Waals surface area contributed by atoms with Crippen molar-refractivity contribution in [2.24, 2.45) is 11.7 Å². The van der Waals surface area contributed by atoms with Crippen LogP contribution in [0.5, 0.6) is 0 Å². The van der Waals surface area contributed by atoms with Gasteiger partial charge in [-0.2, -0.15) is 0 Å². The molecule has 6 nitrogen and oxygen atoms in total. The molecule has 0 radical (unpaired) electrons. The van der Waals surface area contributed by atoms with E-state index in [4.69, 9.17) is 22.7 Å². The van der Waals surface area contributed by atoms with Crippen molar-refractivity contribution < 1.29 is 9.53 Å². The third kappa shape index (κ3) is 2.56. The molecule has 0 aliphatic carbocycles. The summed E-state index contributed by atoms with van der Waals surface area (Å²) in [7, 11) is 1.40. The van der Waals surface area contributed by atoms with E-state index in [-0.39, 0.29) is 16.9 Å². The highest BCUT2D eigenvalue weighted by Crippen LogP contribution is 2.21. The van der Waals surface area contributed by atoms with E-state index in [1.165, 1.54) is 7.11 Å². The maximum Gasteiger partial charge on any atom is 0.310 e. The number of hydrogen-bond donors (Lipinski definition) is 1. The number of carbonyl (C=O) groups is 1. The van der Waals surface area contributed by atoms with Gasteiger partial charge in [-0.15, -0.1) is 0 Å². The van der Waals surface area contributed by atoms with Gasteiger partial charge in [0.2, 0.25) is 5.95 Å². The summed E-state index contributed by atoms with van der Waals surface area (Å²) in [6.07, 6.45) is 2.36. The van der Waals surface area contributed by atoms with E-state index in [9.17, 15) is 4.79 Å². The molecule has 96 valence electrons. The fourth-order valence-corrected chi connectivity index (χ4v) is 2.05. The molecule has 0 bridgehead atoms. The van der Waals surface area contributed by atoms with Gasteiger partial charge in [-0.25, -0.2) is 9.97 Å². The minimum Gasteiger partial charge on any atom is -0.469 e. The second-order valence-electron chi connectivity index (χ2n) is 4.06. The molecule has 1 unspecified atom stereocenters. The molecule has 1 atom stereocenters. The monoisotopic (exact) mass is 266 g/mol. The molecule has 1 saturated heterocycles. The van der Waals surface area contributed by atoms with Crippen LogP contribution in [0, 0.1) is 5.92 Å². The molecule has 2 N–H and O–H groups in total. The molecule has 1 aliphatic heterocycles. The lowest BCUT2D eigenvalue weighted by Gasteiger charge is -2.16. The van der Waals surface area contributed by atoms with Gasteiger partial charge in [0.25, 0.3) is 0 Å². The maximum atomic E-state index is 11.4. The molecule has 18 heavy (non-hydrogen) atoms. The Hall–Kier alpha value is -1.76. The first-order valence-electron chi connectivity index (χ1n) is 5.57. The summed E-state index contributed by atoms with van der Waals surface area (Å²) in [6, 6.07) is 1.67. The normalized spacial score (nSPS) is 18.7. The van der Waals surface area contributed by atoms with Crippen molar-refractivity contribution in [2.75, 3.05) is 25.1 Å². The minimum absolute atomic E-state index is 0.118. The van der Waals surface area contributed by atoms with Crippen LogP contribution < -0.4 is 10.6 Å². The average Bonchev–Trinajstić information content (AvgIpc) is 2.87. The van der Waals surface area contributed by atoms with Gasteiger partial charge in [0.15, 0.2) is 0 Å². The summed E-state index contributed by atoms with van der Waals surface area (Å²) < 4.78 is 4.73. The Bertz CT molecular complexity index is 480. The van der Waals surface area contributed by atoms with Crippen molar-refractivity contribution in [3.05, 3.63) is 18.0 Å². The molecule has 0 spiro atoms. The van der Waals surface area contributed by atoms with Gasteiger partial charge < -0.3 is 15.4 Å². The molecule has 0 aromatic carbocycles.